The number of ketones is 1. The third-order valence-corrected chi connectivity index (χ3v) is 6.19. The lowest BCUT2D eigenvalue weighted by atomic mass is 9.84. The van der Waals surface area contributed by atoms with E-state index < -0.39 is 10.0 Å². The second-order valence-electron chi connectivity index (χ2n) is 6.65. The summed E-state index contributed by atoms with van der Waals surface area (Å²) in [7, 11) is -3.66. The molecule has 0 bridgehead atoms. The van der Waals surface area contributed by atoms with Crippen molar-refractivity contribution in [3.63, 3.8) is 0 Å². The van der Waals surface area contributed by atoms with E-state index >= 15 is 0 Å². The van der Waals surface area contributed by atoms with Crippen molar-refractivity contribution in [2.24, 2.45) is 0 Å². The Morgan fingerprint density at radius 3 is 2.32 bits per heavy atom. The Hall–Kier alpha value is -2.14. The fraction of sp³-hybridized carbons (Fsp3) is 0.350. The first-order valence-electron chi connectivity index (χ1n) is 8.69. The van der Waals surface area contributed by atoms with Crippen LogP contribution >= 0.6 is 0 Å². The highest BCUT2D eigenvalue weighted by molar-refractivity contribution is 7.92. The van der Waals surface area contributed by atoms with Gasteiger partial charge in [0.2, 0.25) is 0 Å². The van der Waals surface area contributed by atoms with Crippen LogP contribution in [0.2, 0.25) is 0 Å². The highest BCUT2D eigenvalue weighted by Gasteiger charge is 2.18. The summed E-state index contributed by atoms with van der Waals surface area (Å²) >= 11 is 0. The summed E-state index contributed by atoms with van der Waals surface area (Å²) in [5.74, 6) is 0.448. The number of carbonyl (C=O) groups excluding carboxylic acids is 1. The average molecular weight is 357 g/mol. The molecule has 0 aliphatic heterocycles. The number of hydrogen-bond acceptors (Lipinski definition) is 3. The zero-order chi connectivity index (χ0) is 17.9. The van der Waals surface area contributed by atoms with Crippen molar-refractivity contribution < 1.29 is 13.2 Å². The maximum atomic E-state index is 12.6. The molecular formula is C20H23NO3S. The zero-order valence-electron chi connectivity index (χ0n) is 14.4. The predicted octanol–water partition coefficient (Wildman–Crippen LogP) is 4.74. The smallest absolute Gasteiger partial charge is 0.261 e. The molecule has 25 heavy (non-hydrogen) atoms. The molecule has 1 aliphatic rings. The summed E-state index contributed by atoms with van der Waals surface area (Å²) in [6.07, 6.45) is 6.16. The Morgan fingerprint density at radius 2 is 1.68 bits per heavy atom. The highest BCUT2D eigenvalue weighted by Crippen LogP contribution is 2.33. The third kappa shape index (κ3) is 4.28. The molecule has 2 aromatic rings. The van der Waals surface area contributed by atoms with Crippen molar-refractivity contribution in [1.82, 2.24) is 0 Å². The van der Waals surface area contributed by atoms with Crippen LogP contribution in [0.3, 0.4) is 0 Å². The van der Waals surface area contributed by atoms with Crippen molar-refractivity contribution in [2.45, 2.75) is 49.8 Å². The number of sulfonamides is 1. The van der Waals surface area contributed by atoms with Gasteiger partial charge in [-0.1, -0.05) is 43.5 Å². The molecular weight excluding hydrogens is 334 g/mol. The Bertz CT molecular complexity index is 851. The van der Waals surface area contributed by atoms with Crippen LogP contribution in [0.4, 0.5) is 5.69 Å². The lowest BCUT2D eigenvalue weighted by molar-refractivity contribution is 0.101. The molecule has 5 heteroatoms. The van der Waals surface area contributed by atoms with E-state index in [9.17, 15) is 13.2 Å². The molecule has 0 heterocycles. The quantitative estimate of drug-likeness (QED) is 0.786. The summed E-state index contributed by atoms with van der Waals surface area (Å²) < 4.78 is 27.7. The molecule has 0 spiro atoms. The van der Waals surface area contributed by atoms with E-state index in [0.717, 1.165) is 0 Å². The van der Waals surface area contributed by atoms with Crippen LogP contribution in [0.1, 0.15) is 60.9 Å². The number of carbonyl (C=O) groups is 1. The van der Waals surface area contributed by atoms with Gasteiger partial charge in [-0.15, -0.1) is 0 Å². The molecule has 0 atom stereocenters. The van der Waals surface area contributed by atoms with Crippen LogP contribution in [0, 0.1) is 0 Å². The van der Waals surface area contributed by atoms with Gasteiger partial charge >= 0.3 is 0 Å². The molecule has 1 saturated carbocycles. The maximum absolute atomic E-state index is 12.6. The Labute approximate surface area is 149 Å². The van der Waals surface area contributed by atoms with Crippen LogP contribution in [0.25, 0.3) is 0 Å². The van der Waals surface area contributed by atoms with E-state index in [4.69, 9.17) is 0 Å². The van der Waals surface area contributed by atoms with Gasteiger partial charge in [0.15, 0.2) is 5.78 Å². The maximum Gasteiger partial charge on any atom is 0.261 e. The highest BCUT2D eigenvalue weighted by atomic mass is 32.2. The van der Waals surface area contributed by atoms with Gasteiger partial charge in [-0.2, -0.15) is 0 Å². The number of rotatable bonds is 5. The number of benzene rings is 2. The van der Waals surface area contributed by atoms with E-state index in [0.29, 0.717) is 17.2 Å². The van der Waals surface area contributed by atoms with Gasteiger partial charge in [0.25, 0.3) is 10.0 Å². The minimum atomic E-state index is -3.66. The minimum Gasteiger partial charge on any atom is -0.295 e. The lowest BCUT2D eigenvalue weighted by Gasteiger charge is -2.22. The Morgan fingerprint density at radius 1 is 1.00 bits per heavy atom. The fourth-order valence-electron chi connectivity index (χ4n) is 3.37. The van der Waals surface area contributed by atoms with Crippen LogP contribution in [-0.2, 0) is 10.0 Å². The summed E-state index contributed by atoms with van der Waals surface area (Å²) in [6.45, 7) is 1.46. The molecule has 4 nitrogen and oxygen atoms in total. The molecule has 0 amide bonds. The van der Waals surface area contributed by atoms with Gasteiger partial charge in [0.05, 0.1) is 4.90 Å². The molecule has 0 aromatic heterocycles. The second-order valence-corrected chi connectivity index (χ2v) is 8.33. The van der Waals surface area contributed by atoms with E-state index in [1.165, 1.54) is 44.6 Å². The van der Waals surface area contributed by atoms with Crippen LogP contribution < -0.4 is 4.72 Å². The third-order valence-electron chi connectivity index (χ3n) is 4.79. The monoisotopic (exact) mass is 357 g/mol. The molecule has 0 unspecified atom stereocenters. The van der Waals surface area contributed by atoms with Gasteiger partial charge in [0, 0.05) is 11.3 Å². The number of anilines is 1. The largest absolute Gasteiger partial charge is 0.295 e. The number of Topliss-reactive ketones (excluding diaryl/α,β-unsaturated/α-hetero) is 1. The standard InChI is InChI=1S/C20H23NO3S/c1-15(22)18-8-5-9-19(14-18)21-25(23,24)20-12-10-17(11-13-20)16-6-3-2-4-7-16/h5,8-14,16,21H,2-4,6-7H2,1H3. The number of nitrogens with one attached hydrogen (secondary N) is 1. The van der Waals surface area contributed by atoms with Gasteiger partial charge in [0.1, 0.15) is 0 Å². The lowest BCUT2D eigenvalue weighted by Crippen LogP contribution is -2.13. The summed E-state index contributed by atoms with van der Waals surface area (Å²) in [6, 6.07) is 13.7. The van der Waals surface area contributed by atoms with Gasteiger partial charge < -0.3 is 0 Å². The van der Waals surface area contributed by atoms with Crippen molar-refractivity contribution in [1.29, 1.82) is 0 Å². The summed E-state index contributed by atoms with van der Waals surface area (Å²) in [5, 5.41) is 0. The first-order chi connectivity index (χ1) is 12.0. The number of hydrogen-bond donors (Lipinski definition) is 1. The van der Waals surface area contributed by atoms with Crippen molar-refractivity contribution in [2.75, 3.05) is 4.72 Å². The van der Waals surface area contributed by atoms with E-state index in [1.54, 1.807) is 36.4 Å². The molecule has 3 rings (SSSR count). The van der Waals surface area contributed by atoms with Crippen LogP contribution in [0.5, 0.6) is 0 Å². The van der Waals surface area contributed by atoms with E-state index in [-0.39, 0.29) is 10.7 Å². The molecule has 0 radical (unpaired) electrons. The zero-order valence-corrected chi connectivity index (χ0v) is 15.2. The molecule has 1 N–H and O–H groups in total. The second kappa shape index (κ2) is 7.40. The van der Waals surface area contributed by atoms with Crippen molar-refractivity contribution >= 4 is 21.5 Å². The predicted molar refractivity (Wildman–Crippen MR) is 99.5 cm³/mol. The average Bonchev–Trinajstić information content (AvgIpc) is 2.62. The first kappa shape index (κ1) is 17.7. The summed E-state index contributed by atoms with van der Waals surface area (Å²) in [4.78, 5) is 11.7. The SMILES string of the molecule is CC(=O)c1cccc(NS(=O)(=O)c2ccc(C3CCCCC3)cc2)c1. The minimum absolute atomic E-state index is 0.0992. The normalized spacial score (nSPS) is 15.7. The van der Waals surface area contributed by atoms with Gasteiger partial charge in [-0.3, -0.25) is 9.52 Å². The fourth-order valence-corrected chi connectivity index (χ4v) is 4.42. The Balaban J connectivity index is 1.77. The topological polar surface area (TPSA) is 63.2 Å². The van der Waals surface area contributed by atoms with Crippen LogP contribution in [0.15, 0.2) is 53.4 Å². The van der Waals surface area contributed by atoms with Gasteiger partial charge in [-0.25, -0.2) is 8.42 Å². The van der Waals surface area contributed by atoms with E-state index in [2.05, 4.69) is 4.72 Å². The molecule has 1 aliphatic carbocycles. The van der Waals surface area contributed by atoms with Crippen molar-refractivity contribution in [3.05, 3.63) is 59.7 Å². The molecule has 1 fully saturated rings. The first-order valence-corrected chi connectivity index (χ1v) is 10.2. The molecule has 0 saturated heterocycles. The molecule has 132 valence electrons. The molecule has 2 aromatic carbocycles. The van der Waals surface area contributed by atoms with Crippen molar-refractivity contribution in [3.8, 4) is 0 Å². The summed E-state index contributed by atoms with van der Waals surface area (Å²) in [5.41, 5.74) is 2.09. The van der Waals surface area contributed by atoms with Gasteiger partial charge in [-0.05, 0) is 55.5 Å². The Kier molecular flexibility index (Phi) is 5.23. The van der Waals surface area contributed by atoms with E-state index in [1.807, 2.05) is 12.1 Å². The van der Waals surface area contributed by atoms with Crippen LogP contribution in [-0.4, -0.2) is 14.2 Å².